The zero-order chi connectivity index (χ0) is 9.84. The Kier molecular flexibility index (Phi) is 3.69. The number of ether oxygens (including phenoxy) is 1. The van der Waals surface area contributed by atoms with Gasteiger partial charge in [-0.15, -0.1) is 0 Å². The van der Waals surface area contributed by atoms with Gasteiger partial charge in [-0.1, -0.05) is 6.92 Å². The number of halogens is 2. The Morgan fingerprint density at radius 2 is 1.77 bits per heavy atom. The van der Waals surface area contributed by atoms with E-state index >= 15 is 0 Å². The van der Waals surface area contributed by atoms with Crippen molar-refractivity contribution in [3.05, 3.63) is 10.6 Å². The molecule has 1 unspecified atom stereocenters. The Hall–Kier alpha value is -0.610. The molecule has 0 N–H and O–H groups in total. The molecule has 4 nitrogen and oxygen atoms in total. The van der Waals surface area contributed by atoms with Gasteiger partial charge in [0.25, 0.3) is 0 Å². The van der Waals surface area contributed by atoms with Crippen molar-refractivity contribution in [3.63, 3.8) is 0 Å². The van der Waals surface area contributed by atoms with Gasteiger partial charge < -0.3 is 4.74 Å². The SMILES string of the molecule is CCC(C)Oc1nc(Cl)nc(Cl)n1. The maximum atomic E-state index is 5.55. The monoisotopic (exact) mass is 221 g/mol. The number of aromatic nitrogens is 3. The molecule has 0 aliphatic rings. The first-order valence-corrected chi connectivity index (χ1v) is 4.61. The second kappa shape index (κ2) is 4.58. The van der Waals surface area contributed by atoms with Gasteiger partial charge in [0.1, 0.15) is 0 Å². The average molecular weight is 222 g/mol. The molecular formula is C7H9Cl2N3O. The summed E-state index contributed by atoms with van der Waals surface area (Å²) in [4.78, 5) is 11.1. The van der Waals surface area contributed by atoms with E-state index in [1.165, 1.54) is 0 Å². The molecule has 1 atom stereocenters. The van der Waals surface area contributed by atoms with E-state index in [1.807, 2.05) is 13.8 Å². The molecule has 1 heterocycles. The van der Waals surface area contributed by atoms with Crippen molar-refractivity contribution < 1.29 is 4.74 Å². The largest absolute Gasteiger partial charge is 0.460 e. The number of nitrogens with zero attached hydrogens (tertiary/aromatic N) is 3. The van der Waals surface area contributed by atoms with Crippen LogP contribution in [0.15, 0.2) is 0 Å². The molecule has 0 saturated carbocycles. The van der Waals surface area contributed by atoms with Crippen LogP contribution in [0.2, 0.25) is 10.6 Å². The first-order valence-electron chi connectivity index (χ1n) is 3.85. The van der Waals surface area contributed by atoms with Crippen LogP contribution < -0.4 is 4.74 Å². The molecule has 1 rings (SSSR count). The first kappa shape index (κ1) is 10.5. The molecule has 0 amide bonds. The lowest BCUT2D eigenvalue weighted by Crippen LogP contribution is -2.12. The van der Waals surface area contributed by atoms with E-state index in [9.17, 15) is 0 Å². The highest BCUT2D eigenvalue weighted by Crippen LogP contribution is 2.13. The summed E-state index contributed by atoms with van der Waals surface area (Å²) in [7, 11) is 0. The highest BCUT2D eigenvalue weighted by atomic mass is 35.5. The fourth-order valence-corrected chi connectivity index (χ4v) is 0.973. The van der Waals surface area contributed by atoms with Crippen molar-refractivity contribution in [3.8, 4) is 6.01 Å². The molecule has 0 radical (unpaired) electrons. The molecule has 1 aromatic heterocycles. The van der Waals surface area contributed by atoms with Crippen molar-refractivity contribution in [2.75, 3.05) is 0 Å². The van der Waals surface area contributed by atoms with E-state index in [4.69, 9.17) is 27.9 Å². The average Bonchev–Trinajstić information content (AvgIpc) is 2.02. The smallest absolute Gasteiger partial charge is 0.322 e. The third-order valence-electron chi connectivity index (χ3n) is 1.44. The predicted molar refractivity (Wildman–Crippen MR) is 50.2 cm³/mol. The molecule has 0 spiro atoms. The zero-order valence-corrected chi connectivity index (χ0v) is 8.80. The molecule has 0 fully saturated rings. The Bertz CT molecular complexity index is 275. The maximum Gasteiger partial charge on any atom is 0.322 e. The summed E-state index contributed by atoms with van der Waals surface area (Å²) >= 11 is 11.1. The van der Waals surface area contributed by atoms with E-state index in [-0.39, 0.29) is 22.7 Å². The Labute approximate surface area is 86.3 Å². The minimum atomic E-state index is 0.0366. The molecular weight excluding hydrogens is 213 g/mol. The highest BCUT2D eigenvalue weighted by Gasteiger charge is 2.07. The third-order valence-corrected chi connectivity index (χ3v) is 1.78. The van der Waals surface area contributed by atoms with Gasteiger partial charge in [0, 0.05) is 0 Å². The second-order valence-corrected chi connectivity index (χ2v) is 3.17. The van der Waals surface area contributed by atoms with Gasteiger partial charge in [-0.25, -0.2) is 0 Å². The zero-order valence-electron chi connectivity index (χ0n) is 7.29. The molecule has 0 aliphatic heterocycles. The molecule has 0 bridgehead atoms. The molecule has 6 heteroatoms. The summed E-state index contributed by atoms with van der Waals surface area (Å²) in [6.07, 6.45) is 0.899. The quantitative estimate of drug-likeness (QED) is 0.787. The van der Waals surface area contributed by atoms with Gasteiger partial charge >= 0.3 is 6.01 Å². The van der Waals surface area contributed by atoms with Crippen molar-refractivity contribution in [1.29, 1.82) is 0 Å². The lowest BCUT2D eigenvalue weighted by Gasteiger charge is -2.09. The van der Waals surface area contributed by atoms with Crippen LogP contribution in [0.3, 0.4) is 0 Å². The van der Waals surface area contributed by atoms with Crippen molar-refractivity contribution in [2.24, 2.45) is 0 Å². The summed E-state index contributed by atoms with van der Waals surface area (Å²) in [5.41, 5.74) is 0. The lowest BCUT2D eigenvalue weighted by molar-refractivity contribution is 0.198. The summed E-state index contributed by atoms with van der Waals surface area (Å²) in [5, 5.41) is 0.0802. The van der Waals surface area contributed by atoms with Crippen molar-refractivity contribution >= 4 is 23.2 Å². The van der Waals surface area contributed by atoms with Crippen LogP contribution in [0.5, 0.6) is 6.01 Å². The summed E-state index contributed by atoms with van der Waals surface area (Å²) in [6.45, 7) is 3.90. The number of hydrogen-bond donors (Lipinski definition) is 0. The topological polar surface area (TPSA) is 47.9 Å². The van der Waals surface area contributed by atoms with Gasteiger partial charge in [0.15, 0.2) is 0 Å². The van der Waals surface area contributed by atoms with Gasteiger partial charge in [-0.05, 0) is 36.5 Å². The van der Waals surface area contributed by atoms with Crippen LogP contribution in [-0.2, 0) is 0 Å². The van der Waals surface area contributed by atoms with Crippen molar-refractivity contribution in [2.45, 2.75) is 26.4 Å². The van der Waals surface area contributed by atoms with E-state index in [1.54, 1.807) is 0 Å². The van der Waals surface area contributed by atoms with Crippen LogP contribution in [0.25, 0.3) is 0 Å². The normalized spacial score (nSPS) is 12.6. The molecule has 0 aliphatic carbocycles. The van der Waals surface area contributed by atoms with E-state index in [0.29, 0.717) is 0 Å². The van der Waals surface area contributed by atoms with E-state index in [2.05, 4.69) is 15.0 Å². The van der Waals surface area contributed by atoms with Gasteiger partial charge in [-0.2, -0.15) is 15.0 Å². The fraction of sp³-hybridized carbons (Fsp3) is 0.571. The minimum absolute atomic E-state index is 0.0366. The molecule has 0 aromatic carbocycles. The van der Waals surface area contributed by atoms with Crippen LogP contribution in [0.4, 0.5) is 0 Å². The number of rotatable bonds is 3. The van der Waals surface area contributed by atoms with Crippen LogP contribution in [-0.4, -0.2) is 21.1 Å². The van der Waals surface area contributed by atoms with Crippen LogP contribution in [0.1, 0.15) is 20.3 Å². The predicted octanol–water partition coefficient (Wildman–Crippen LogP) is 2.36. The Morgan fingerprint density at radius 3 is 2.23 bits per heavy atom. The third kappa shape index (κ3) is 3.32. The van der Waals surface area contributed by atoms with Crippen LogP contribution in [0, 0.1) is 0 Å². The van der Waals surface area contributed by atoms with Gasteiger partial charge in [0.05, 0.1) is 6.10 Å². The molecule has 1 aromatic rings. The summed E-state index contributed by atoms with van der Waals surface area (Å²) < 4.78 is 5.29. The Morgan fingerprint density at radius 1 is 1.23 bits per heavy atom. The van der Waals surface area contributed by atoms with E-state index in [0.717, 1.165) is 6.42 Å². The van der Waals surface area contributed by atoms with Gasteiger partial charge in [-0.3, -0.25) is 0 Å². The summed E-state index contributed by atoms with van der Waals surface area (Å²) in [6, 6.07) is 0.166. The molecule has 72 valence electrons. The molecule has 0 saturated heterocycles. The minimum Gasteiger partial charge on any atom is -0.460 e. The Balaban J connectivity index is 2.77. The van der Waals surface area contributed by atoms with Crippen LogP contribution >= 0.6 is 23.2 Å². The highest BCUT2D eigenvalue weighted by molar-refractivity contribution is 6.31. The second-order valence-electron chi connectivity index (χ2n) is 2.49. The molecule has 13 heavy (non-hydrogen) atoms. The maximum absolute atomic E-state index is 5.55. The van der Waals surface area contributed by atoms with E-state index < -0.39 is 0 Å². The van der Waals surface area contributed by atoms with Gasteiger partial charge in [0.2, 0.25) is 10.6 Å². The summed E-state index contributed by atoms with van der Waals surface area (Å²) in [5.74, 6) is 0. The first-order chi connectivity index (χ1) is 6.11. The fourth-order valence-electron chi connectivity index (χ4n) is 0.625. The standard InChI is InChI=1S/C7H9Cl2N3O/c1-3-4(2)13-7-11-5(8)10-6(9)12-7/h4H,3H2,1-2H3. The number of hydrogen-bond acceptors (Lipinski definition) is 4. The van der Waals surface area contributed by atoms with Crippen molar-refractivity contribution in [1.82, 2.24) is 15.0 Å². The lowest BCUT2D eigenvalue weighted by atomic mass is 10.3.